The smallest absolute Gasteiger partial charge is 0.0991 e. The molecule has 0 fully saturated rings. The van der Waals surface area contributed by atoms with Gasteiger partial charge in [-0.25, -0.2) is 0 Å². The van der Waals surface area contributed by atoms with E-state index in [1.165, 1.54) is 5.56 Å². The molecule has 0 bridgehead atoms. The molecule has 12 heavy (non-hydrogen) atoms. The highest BCUT2D eigenvalue weighted by Crippen LogP contribution is 2.01. The number of likely N-dealkylation sites (N-methyl/N-ethyl adjacent to an activating group) is 1. The van der Waals surface area contributed by atoms with Crippen LogP contribution in [-0.4, -0.2) is 13.1 Å². The molecule has 1 rings (SSSR count). The predicted molar refractivity (Wildman–Crippen MR) is 48.6 cm³/mol. The molecule has 0 radical (unpaired) electrons. The zero-order chi connectivity index (χ0) is 8.81. The Hall–Kier alpha value is -1.33. The van der Waals surface area contributed by atoms with E-state index in [4.69, 9.17) is 5.26 Å². The van der Waals surface area contributed by atoms with Crippen molar-refractivity contribution in [2.45, 2.75) is 12.5 Å². The summed E-state index contributed by atoms with van der Waals surface area (Å²) in [5.41, 5.74) is 1.19. The number of nitriles is 1. The zero-order valence-corrected chi connectivity index (χ0v) is 7.12. The van der Waals surface area contributed by atoms with Crippen molar-refractivity contribution in [2.24, 2.45) is 0 Å². The van der Waals surface area contributed by atoms with E-state index < -0.39 is 0 Å². The van der Waals surface area contributed by atoms with Crippen LogP contribution in [0.3, 0.4) is 0 Å². The molecular weight excluding hydrogens is 148 g/mol. The molecule has 0 aromatic heterocycles. The predicted octanol–water partition coefficient (Wildman–Crippen LogP) is 1.34. The number of rotatable bonds is 3. The van der Waals surface area contributed by atoms with Crippen LogP contribution in [0.1, 0.15) is 5.56 Å². The van der Waals surface area contributed by atoms with Crippen LogP contribution in [0.2, 0.25) is 0 Å². The van der Waals surface area contributed by atoms with E-state index in [2.05, 4.69) is 11.4 Å². The van der Waals surface area contributed by atoms with Gasteiger partial charge in [-0.05, 0) is 12.6 Å². The standard InChI is InChI=1S/C10H12N2/c1-12-10(8-11)7-9-5-3-2-4-6-9/h2-6,10,12H,7H2,1H3/t10-/m0/s1. The molecule has 0 saturated carbocycles. The van der Waals surface area contributed by atoms with E-state index in [-0.39, 0.29) is 6.04 Å². The first-order valence-corrected chi connectivity index (χ1v) is 3.97. The van der Waals surface area contributed by atoms with E-state index in [0.717, 1.165) is 6.42 Å². The molecule has 0 spiro atoms. The van der Waals surface area contributed by atoms with Crippen molar-refractivity contribution in [1.82, 2.24) is 5.32 Å². The fourth-order valence-electron chi connectivity index (χ4n) is 1.06. The third-order valence-corrected chi connectivity index (χ3v) is 1.79. The molecule has 0 aliphatic rings. The van der Waals surface area contributed by atoms with Crippen LogP contribution >= 0.6 is 0 Å². The Morgan fingerprint density at radius 1 is 1.42 bits per heavy atom. The van der Waals surface area contributed by atoms with Gasteiger partial charge in [0.2, 0.25) is 0 Å². The molecule has 1 aromatic rings. The van der Waals surface area contributed by atoms with E-state index in [9.17, 15) is 0 Å². The van der Waals surface area contributed by atoms with Gasteiger partial charge < -0.3 is 5.32 Å². The first-order valence-electron chi connectivity index (χ1n) is 3.97. The summed E-state index contributed by atoms with van der Waals surface area (Å²) in [6.07, 6.45) is 0.772. The third kappa shape index (κ3) is 2.37. The SMILES string of the molecule is CN[C@H](C#N)Cc1ccccc1. The number of benzene rings is 1. The van der Waals surface area contributed by atoms with Crippen molar-refractivity contribution < 1.29 is 0 Å². The summed E-state index contributed by atoms with van der Waals surface area (Å²) in [5.74, 6) is 0. The average Bonchev–Trinajstić information content (AvgIpc) is 2.16. The average molecular weight is 160 g/mol. The highest BCUT2D eigenvalue weighted by Gasteiger charge is 2.03. The molecule has 0 heterocycles. The summed E-state index contributed by atoms with van der Waals surface area (Å²) >= 11 is 0. The van der Waals surface area contributed by atoms with Crippen LogP contribution in [0.4, 0.5) is 0 Å². The third-order valence-electron chi connectivity index (χ3n) is 1.79. The lowest BCUT2D eigenvalue weighted by atomic mass is 10.1. The van der Waals surface area contributed by atoms with Crippen molar-refractivity contribution in [3.05, 3.63) is 35.9 Å². The van der Waals surface area contributed by atoms with Gasteiger partial charge in [0, 0.05) is 6.42 Å². The van der Waals surface area contributed by atoms with Gasteiger partial charge in [-0.2, -0.15) is 5.26 Å². The van der Waals surface area contributed by atoms with Crippen LogP contribution in [0.5, 0.6) is 0 Å². The van der Waals surface area contributed by atoms with Gasteiger partial charge in [0.1, 0.15) is 0 Å². The van der Waals surface area contributed by atoms with Gasteiger partial charge >= 0.3 is 0 Å². The van der Waals surface area contributed by atoms with Gasteiger partial charge in [-0.3, -0.25) is 0 Å². The quantitative estimate of drug-likeness (QED) is 0.724. The van der Waals surface area contributed by atoms with E-state index >= 15 is 0 Å². The number of hydrogen-bond acceptors (Lipinski definition) is 2. The molecule has 0 aliphatic carbocycles. The molecule has 0 aliphatic heterocycles. The lowest BCUT2D eigenvalue weighted by Gasteiger charge is -2.06. The molecule has 1 aromatic carbocycles. The molecule has 62 valence electrons. The van der Waals surface area contributed by atoms with Crippen molar-refractivity contribution in [3.63, 3.8) is 0 Å². The minimum absolute atomic E-state index is 0.0765. The van der Waals surface area contributed by atoms with Gasteiger partial charge in [0.05, 0.1) is 12.1 Å². The largest absolute Gasteiger partial charge is 0.305 e. The van der Waals surface area contributed by atoms with Crippen LogP contribution in [0.25, 0.3) is 0 Å². The second-order valence-corrected chi connectivity index (χ2v) is 2.66. The van der Waals surface area contributed by atoms with Crippen molar-refractivity contribution >= 4 is 0 Å². The van der Waals surface area contributed by atoms with E-state index in [1.54, 1.807) is 7.05 Å². The molecule has 0 amide bonds. The zero-order valence-electron chi connectivity index (χ0n) is 7.12. The summed E-state index contributed by atoms with van der Waals surface area (Å²) in [6, 6.07) is 12.1. The van der Waals surface area contributed by atoms with Crippen LogP contribution in [-0.2, 0) is 6.42 Å². The highest BCUT2D eigenvalue weighted by atomic mass is 14.9. The maximum Gasteiger partial charge on any atom is 0.0991 e. The number of nitrogens with one attached hydrogen (secondary N) is 1. The van der Waals surface area contributed by atoms with Crippen LogP contribution in [0, 0.1) is 11.3 Å². The van der Waals surface area contributed by atoms with E-state index in [1.807, 2.05) is 30.3 Å². The van der Waals surface area contributed by atoms with Gasteiger partial charge in [-0.1, -0.05) is 30.3 Å². The van der Waals surface area contributed by atoms with Crippen molar-refractivity contribution in [1.29, 1.82) is 5.26 Å². The highest BCUT2D eigenvalue weighted by molar-refractivity contribution is 5.17. The second kappa shape index (κ2) is 4.53. The second-order valence-electron chi connectivity index (χ2n) is 2.66. The summed E-state index contributed by atoms with van der Waals surface area (Å²) in [6.45, 7) is 0. The molecule has 1 N–H and O–H groups in total. The molecule has 0 saturated heterocycles. The Morgan fingerprint density at radius 3 is 2.58 bits per heavy atom. The van der Waals surface area contributed by atoms with Gasteiger partial charge in [0.25, 0.3) is 0 Å². The molecule has 1 atom stereocenters. The van der Waals surface area contributed by atoms with Crippen molar-refractivity contribution in [2.75, 3.05) is 7.05 Å². The molecule has 2 nitrogen and oxygen atoms in total. The maximum atomic E-state index is 8.67. The van der Waals surface area contributed by atoms with Gasteiger partial charge in [0.15, 0.2) is 0 Å². The maximum absolute atomic E-state index is 8.67. The van der Waals surface area contributed by atoms with E-state index in [0.29, 0.717) is 0 Å². The number of nitrogens with zero attached hydrogens (tertiary/aromatic N) is 1. The Labute approximate surface area is 72.8 Å². The lowest BCUT2D eigenvalue weighted by Crippen LogP contribution is -2.25. The van der Waals surface area contributed by atoms with Gasteiger partial charge in [-0.15, -0.1) is 0 Å². The summed E-state index contributed by atoms with van der Waals surface area (Å²) < 4.78 is 0. The van der Waals surface area contributed by atoms with Crippen LogP contribution < -0.4 is 5.32 Å². The molecular formula is C10H12N2. The Morgan fingerprint density at radius 2 is 2.08 bits per heavy atom. The monoisotopic (exact) mass is 160 g/mol. The number of hydrogen-bond donors (Lipinski definition) is 1. The fourth-order valence-corrected chi connectivity index (χ4v) is 1.06. The first-order chi connectivity index (χ1) is 5.86. The van der Waals surface area contributed by atoms with Crippen LogP contribution in [0.15, 0.2) is 30.3 Å². The summed E-state index contributed by atoms with van der Waals surface area (Å²) in [4.78, 5) is 0. The topological polar surface area (TPSA) is 35.8 Å². The first kappa shape index (κ1) is 8.76. The minimum Gasteiger partial charge on any atom is -0.305 e. The fraction of sp³-hybridized carbons (Fsp3) is 0.300. The minimum atomic E-state index is -0.0765. The normalized spacial score (nSPS) is 12.0. The Balaban J connectivity index is 2.58. The molecule has 0 unspecified atom stereocenters. The summed E-state index contributed by atoms with van der Waals surface area (Å²) in [5, 5.41) is 11.6. The summed E-state index contributed by atoms with van der Waals surface area (Å²) in [7, 11) is 1.80. The Kier molecular flexibility index (Phi) is 3.31. The molecule has 2 heteroatoms. The Bertz CT molecular complexity index is 261. The van der Waals surface area contributed by atoms with Crippen molar-refractivity contribution in [3.8, 4) is 6.07 Å². The lowest BCUT2D eigenvalue weighted by molar-refractivity contribution is 0.675.